The molecule has 2 fully saturated rings. The van der Waals surface area contributed by atoms with Gasteiger partial charge in [-0.15, -0.1) is 0 Å². The molecule has 3 unspecified atom stereocenters. The van der Waals surface area contributed by atoms with Gasteiger partial charge in [-0.1, -0.05) is 22.4 Å². The lowest BCUT2D eigenvalue weighted by molar-refractivity contribution is 0.186. The summed E-state index contributed by atoms with van der Waals surface area (Å²) in [6, 6.07) is 0.491. The third kappa shape index (κ3) is 1.80. The van der Waals surface area contributed by atoms with Gasteiger partial charge in [0.1, 0.15) is 0 Å². The number of nitrogens with zero attached hydrogens (tertiary/aromatic N) is 1. The molecule has 13 heavy (non-hydrogen) atoms. The van der Waals surface area contributed by atoms with Crippen LogP contribution in [-0.4, -0.2) is 21.2 Å². The van der Waals surface area contributed by atoms with Gasteiger partial charge in [0.25, 0.3) is 4.82 Å². The Labute approximate surface area is 95.3 Å². The van der Waals surface area contributed by atoms with Gasteiger partial charge in [0, 0.05) is 22.0 Å². The molecule has 0 aromatic rings. The van der Waals surface area contributed by atoms with Crippen LogP contribution in [0.3, 0.4) is 0 Å². The van der Waals surface area contributed by atoms with E-state index in [1.807, 2.05) is 4.90 Å². The molecule has 4 heteroatoms. The fraction of sp³-hybridized carbons (Fsp3) is 0.889. The van der Waals surface area contributed by atoms with Crippen molar-refractivity contribution in [1.29, 1.82) is 0 Å². The first kappa shape index (κ1) is 9.97. The monoisotopic (exact) mass is 309 g/mol. The number of halogens is 2. The first-order chi connectivity index (χ1) is 6.22. The van der Waals surface area contributed by atoms with E-state index in [1.165, 1.54) is 25.7 Å². The van der Waals surface area contributed by atoms with Crippen LogP contribution < -0.4 is 0 Å². The average molecular weight is 311 g/mol. The molecule has 1 amide bonds. The maximum Gasteiger partial charge on any atom is 0.290 e. The number of alkyl halides is 1. The van der Waals surface area contributed by atoms with E-state index < -0.39 is 0 Å². The minimum atomic E-state index is 0.0296. The van der Waals surface area contributed by atoms with Crippen LogP contribution in [0, 0.1) is 11.8 Å². The molecule has 74 valence electrons. The fourth-order valence-electron chi connectivity index (χ4n) is 2.86. The Morgan fingerprint density at radius 3 is 2.54 bits per heavy atom. The molecule has 2 aliphatic rings. The van der Waals surface area contributed by atoms with Crippen molar-refractivity contribution in [2.45, 2.75) is 31.7 Å². The molecular formula is C9H13Br2NO. The smallest absolute Gasteiger partial charge is 0.290 e. The van der Waals surface area contributed by atoms with Gasteiger partial charge in [0.05, 0.1) is 5.45 Å². The SMILES string of the molecule is O=C(Br)N(CBr)C1CC2CCC1C2. The van der Waals surface area contributed by atoms with E-state index in [-0.39, 0.29) is 4.82 Å². The van der Waals surface area contributed by atoms with E-state index in [1.54, 1.807) is 0 Å². The molecule has 0 saturated heterocycles. The van der Waals surface area contributed by atoms with Crippen LogP contribution in [0.25, 0.3) is 0 Å². The van der Waals surface area contributed by atoms with Crippen LogP contribution in [0.5, 0.6) is 0 Å². The minimum Gasteiger partial charge on any atom is -0.320 e. The van der Waals surface area contributed by atoms with Crippen LogP contribution in [0.1, 0.15) is 25.7 Å². The van der Waals surface area contributed by atoms with Crippen molar-refractivity contribution in [3.05, 3.63) is 0 Å². The van der Waals surface area contributed by atoms with Crippen molar-refractivity contribution in [3.63, 3.8) is 0 Å². The van der Waals surface area contributed by atoms with Crippen molar-refractivity contribution in [2.24, 2.45) is 11.8 Å². The third-order valence-corrected chi connectivity index (χ3v) is 4.45. The van der Waals surface area contributed by atoms with E-state index in [0.717, 1.165) is 11.8 Å². The normalized spacial score (nSPS) is 36.6. The molecule has 0 aliphatic heterocycles. The molecule has 2 bridgehead atoms. The molecule has 0 aromatic carbocycles. The van der Waals surface area contributed by atoms with Gasteiger partial charge in [-0.3, -0.25) is 4.79 Å². The Morgan fingerprint density at radius 1 is 1.38 bits per heavy atom. The lowest BCUT2D eigenvalue weighted by Gasteiger charge is -2.31. The van der Waals surface area contributed by atoms with E-state index >= 15 is 0 Å². The van der Waals surface area contributed by atoms with Crippen LogP contribution in [0.15, 0.2) is 0 Å². The van der Waals surface area contributed by atoms with Gasteiger partial charge in [-0.05, 0) is 31.1 Å². The topological polar surface area (TPSA) is 20.3 Å². The average Bonchev–Trinajstić information content (AvgIpc) is 2.65. The summed E-state index contributed by atoms with van der Waals surface area (Å²) in [4.78, 5) is 13.2. The van der Waals surface area contributed by atoms with Crippen LogP contribution >= 0.6 is 31.9 Å². The fourth-order valence-corrected chi connectivity index (χ4v) is 4.18. The highest BCUT2D eigenvalue weighted by Crippen LogP contribution is 2.47. The van der Waals surface area contributed by atoms with Crippen molar-refractivity contribution >= 4 is 36.7 Å². The summed E-state index contributed by atoms with van der Waals surface area (Å²) in [7, 11) is 0. The molecule has 0 heterocycles. The zero-order chi connectivity index (χ0) is 9.42. The molecule has 2 saturated carbocycles. The van der Waals surface area contributed by atoms with Crippen molar-refractivity contribution < 1.29 is 4.79 Å². The predicted octanol–water partition coefficient (Wildman–Crippen LogP) is 3.34. The van der Waals surface area contributed by atoms with Crippen LogP contribution in [-0.2, 0) is 0 Å². The summed E-state index contributed by atoms with van der Waals surface area (Å²) < 4.78 is 0. The molecule has 2 rings (SSSR count). The van der Waals surface area contributed by atoms with Crippen molar-refractivity contribution in [3.8, 4) is 0 Å². The highest BCUT2D eigenvalue weighted by molar-refractivity contribution is 9.18. The Bertz CT molecular complexity index is 222. The second kappa shape index (κ2) is 3.89. The molecule has 0 spiro atoms. The predicted molar refractivity (Wildman–Crippen MR) is 59.2 cm³/mol. The Morgan fingerprint density at radius 2 is 2.15 bits per heavy atom. The van der Waals surface area contributed by atoms with Gasteiger partial charge >= 0.3 is 0 Å². The van der Waals surface area contributed by atoms with Gasteiger partial charge in [-0.2, -0.15) is 0 Å². The largest absolute Gasteiger partial charge is 0.320 e. The first-order valence-electron chi connectivity index (χ1n) is 4.74. The number of amides is 1. The second-order valence-electron chi connectivity index (χ2n) is 4.08. The Balaban J connectivity index is 2.04. The van der Waals surface area contributed by atoms with Gasteiger partial charge in [0.15, 0.2) is 0 Å². The summed E-state index contributed by atoms with van der Waals surface area (Å²) in [6.07, 6.45) is 5.26. The maximum atomic E-state index is 11.3. The first-order valence-corrected chi connectivity index (χ1v) is 6.66. The summed E-state index contributed by atoms with van der Waals surface area (Å²) in [6.45, 7) is 0. The van der Waals surface area contributed by atoms with E-state index in [9.17, 15) is 4.79 Å². The Hall–Kier alpha value is 0.430. The molecule has 0 radical (unpaired) electrons. The summed E-state index contributed by atoms with van der Waals surface area (Å²) in [5.74, 6) is 1.66. The number of carbonyl (C=O) groups excluding carboxylic acids is 1. The Kier molecular flexibility index (Phi) is 2.98. The minimum absolute atomic E-state index is 0.0296. The lowest BCUT2D eigenvalue weighted by Crippen LogP contribution is -2.39. The molecule has 3 atom stereocenters. The summed E-state index contributed by atoms with van der Waals surface area (Å²) in [5.41, 5.74) is 0.658. The molecule has 2 aliphatic carbocycles. The van der Waals surface area contributed by atoms with Gasteiger partial charge in [-0.25, -0.2) is 0 Å². The molecule has 0 aromatic heterocycles. The number of rotatable bonds is 2. The van der Waals surface area contributed by atoms with E-state index in [0.29, 0.717) is 11.5 Å². The zero-order valence-corrected chi connectivity index (χ0v) is 10.6. The number of hydrogen-bond acceptors (Lipinski definition) is 1. The standard InChI is InChI=1S/C9H13Br2NO/c10-5-12(9(11)13)8-4-6-1-2-7(8)3-6/h6-8H,1-5H2. The third-order valence-electron chi connectivity index (χ3n) is 3.46. The number of fused-ring (bicyclic) bond motifs is 2. The second-order valence-corrected chi connectivity index (χ2v) is 5.26. The quantitative estimate of drug-likeness (QED) is 0.435. The van der Waals surface area contributed by atoms with E-state index in [2.05, 4.69) is 31.9 Å². The zero-order valence-electron chi connectivity index (χ0n) is 7.38. The van der Waals surface area contributed by atoms with Crippen molar-refractivity contribution in [2.75, 3.05) is 5.45 Å². The lowest BCUT2D eigenvalue weighted by atomic mass is 9.95. The highest BCUT2D eigenvalue weighted by Gasteiger charge is 2.43. The van der Waals surface area contributed by atoms with Gasteiger partial charge < -0.3 is 4.90 Å². The van der Waals surface area contributed by atoms with Crippen LogP contribution in [0.4, 0.5) is 4.79 Å². The highest BCUT2D eigenvalue weighted by atomic mass is 79.9. The van der Waals surface area contributed by atoms with E-state index in [4.69, 9.17) is 0 Å². The molecule has 0 N–H and O–H groups in total. The summed E-state index contributed by atoms with van der Waals surface area (Å²) >= 11 is 6.41. The van der Waals surface area contributed by atoms with Crippen LogP contribution in [0.2, 0.25) is 0 Å². The van der Waals surface area contributed by atoms with Gasteiger partial charge in [0.2, 0.25) is 0 Å². The van der Waals surface area contributed by atoms with Crippen molar-refractivity contribution in [1.82, 2.24) is 4.90 Å². The molecular weight excluding hydrogens is 298 g/mol. The molecule has 2 nitrogen and oxygen atoms in total. The maximum absolute atomic E-state index is 11.3. The summed E-state index contributed by atoms with van der Waals surface area (Å²) in [5, 5.41) is 0. The number of carbonyl (C=O) groups is 1. The number of hydrogen-bond donors (Lipinski definition) is 0.